The van der Waals surface area contributed by atoms with Crippen molar-refractivity contribution in [1.29, 1.82) is 0 Å². The topological polar surface area (TPSA) is 57.5 Å². The van der Waals surface area contributed by atoms with Gasteiger partial charge in [0.1, 0.15) is 17.7 Å². The van der Waals surface area contributed by atoms with E-state index in [1.807, 2.05) is 0 Å². The lowest BCUT2D eigenvalue weighted by Gasteiger charge is -2.60. The summed E-state index contributed by atoms with van der Waals surface area (Å²) in [5.74, 6) is 1.90. The molecule has 5 rings (SSSR count). The summed E-state index contributed by atoms with van der Waals surface area (Å²) in [4.78, 5) is 12.8. The van der Waals surface area contributed by atoms with Crippen molar-refractivity contribution in [2.75, 3.05) is 0 Å². The first-order chi connectivity index (χ1) is 17.1. The van der Waals surface area contributed by atoms with Gasteiger partial charge < -0.3 is 10.2 Å². The van der Waals surface area contributed by atoms with E-state index in [0.29, 0.717) is 47.8 Å². The van der Waals surface area contributed by atoms with E-state index in [-0.39, 0.29) is 22.7 Å². The maximum Gasteiger partial charge on any atom is 0.164 e. The second-order valence-corrected chi connectivity index (χ2v) is 13.3. The Balaban J connectivity index is 1.22. The molecule has 5 heteroatoms. The van der Waals surface area contributed by atoms with Crippen molar-refractivity contribution < 1.29 is 23.8 Å². The van der Waals surface area contributed by atoms with Crippen LogP contribution in [0.1, 0.15) is 103 Å². The molecular weight excluding hydrogens is 458 g/mol. The van der Waals surface area contributed by atoms with Gasteiger partial charge in [-0.25, -0.2) is 8.78 Å². The number of carbonyl (C=O) groups excluding carboxylic acids is 1. The van der Waals surface area contributed by atoms with Gasteiger partial charge in [0.25, 0.3) is 0 Å². The molecular formula is C31H44F2O3. The molecule has 4 aliphatic rings. The molecule has 0 spiro atoms. The van der Waals surface area contributed by atoms with Crippen LogP contribution in [0.25, 0.3) is 0 Å². The van der Waals surface area contributed by atoms with Gasteiger partial charge in [-0.3, -0.25) is 4.79 Å². The second-order valence-electron chi connectivity index (χ2n) is 13.3. The lowest BCUT2D eigenvalue weighted by molar-refractivity contribution is -0.160. The molecule has 200 valence electrons. The first-order valence-electron chi connectivity index (χ1n) is 14.4. The molecule has 3 nitrogen and oxygen atoms in total. The van der Waals surface area contributed by atoms with Crippen molar-refractivity contribution >= 4 is 5.78 Å². The SMILES string of the molecule is C[C@H](CCCC(O)c1c(F)cccc1F)[C@H]1CC[C@H]2[C@@H]3CC[C@H]4C(=O)[C@@H](O)CC[C@]4(C)[C@H]3CC[C@]12C. The first-order valence-corrected chi connectivity index (χ1v) is 14.4. The van der Waals surface area contributed by atoms with Crippen LogP contribution in [0.4, 0.5) is 8.78 Å². The molecule has 1 aromatic carbocycles. The average molecular weight is 503 g/mol. The maximum absolute atomic E-state index is 14.0. The van der Waals surface area contributed by atoms with Gasteiger partial charge in [0.05, 0.1) is 11.7 Å². The Hall–Kier alpha value is -1.33. The number of halogens is 2. The van der Waals surface area contributed by atoms with Crippen LogP contribution in [0, 0.1) is 58.0 Å². The highest BCUT2D eigenvalue weighted by Gasteiger charge is 2.62. The van der Waals surface area contributed by atoms with Crippen LogP contribution in [-0.4, -0.2) is 22.1 Å². The monoisotopic (exact) mass is 502 g/mol. The quantitative estimate of drug-likeness (QED) is 0.440. The molecule has 0 aliphatic heterocycles. The summed E-state index contributed by atoms with van der Waals surface area (Å²) in [6, 6.07) is 3.75. The summed E-state index contributed by atoms with van der Waals surface area (Å²) >= 11 is 0. The van der Waals surface area contributed by atoms with Gasteiger partial charge in [-0.1, -0.05) is 39.7 Å². The fourth-order valence-corrected chi connectivity index (χ4v) is 9.89. The van der Waals surface area contributed by atoms with Crippen molar-refractivity contribution in [3.8, 4) is 0 Å². The lowest BCUT2D eigenvalue weighted by atomic mass is 9.44. The maximum atomic E-state index is 14.0. The van der Waals surface area contributed by atoms with Crippen LogP contribution >= 0.6 is 0 Å². The summed E-state index contributed by atoms with van der Waals surface area (Å²) in [6.45, 7) is 7.19. The Kier molecular flexibility index (Phi) is 7.13. The van der Waals surface area contributed by atoms with E-state index in [2.05, 4.69) is 20.8 Å². The van der Waals surface area contributed by atoms with E-state index >= 15 is 0 Å². The van der Waals surface area contributed by atoms with Crippen LogP contribution < -0.4 is 0 Å². The molecule has 0 radical (unpaired) electrons. The Morgan fingerprint density at radius 3 is 2.33 bits per heavy atom. The van der Waals surface area contributed by atoms with Crippen molar-refractivity contribution in [2.45, 2.75) is 104 Å². The van der Waals surface area contributed by atoms with Crippen LogP contribution in [0.2, 0.25) is 0 Å². The largest absolute Gasteiger partial charge is 0.388 e. The minimum atomic E-state index is -1.10. The molecule has 0 amide bonds. The molecule has 0 aromatic heterocycles. The normalized spacial score (nSPS) is 41.8. The zero-order valence-corrected chi connectivity index (χ0v) is 22.2. The van der Waals surface area contributed by atoms with Crippen LogP contribution in [0.15, 0.2) is 18.2 Å². The number of hydrogen-bond donors (Lipinski definition) is 2. The molecule has 1 aromatic rings. The molecule has 10 atom stereocenters. The van der Waals surface area contributed by atoms with E-state index in [0.717, 1.165) is 32.1 Å². The number of Topliss-reactive ketones (excluding diaryl/α,β-unsaturated/α-hetero) is 1. The van der Waals surface area contributed by atoms with Gasteiger partial charge in [-0.15, -0.1) is 0 Å². The predicted molar refractivity (Wildman–Crippen MR) is 136 cm³/mol. The third kappa shape index (κ3) is 4.17. The molecule has 2 N–H and O–H groups in total. The zero-order valence-electron chi connectivity index (χ0n) is 22.2. The lowest BCUT2D eigenvalue weighted by Crippen LogP contribution is -2.57. The van der Waals surface area contributed by atoms with Gasteiger partial charge in [0, 0.05) is 5.92 Å². The fraction of sp³-hybridized carbons (Fsp3) is 0.774. The van der Waals surface area contributed by atoms with Crippen molar-refractivity contribution in [3.05, 3.63) is 35.4 Å². The van der Waals surface area contributed by atoms with E-state index in [4.69, 9.17) is 0 Å². The highest BCUT2D eigenvalue weighted by molar-refractivity contribution is 5.87. The second kappa shape index (κ2) is 9.76. The third-order valence-electron chi connectivity index (χ3n) is 11.7. The number of benzene rings is 1. The predicted octanol–water partition coefficient (Wildman–Crippen LogP) is 7.00. The summed E-state index contributed by atoms with van der Waals surface area (Å²) in [5, 5.41) is 20.7. The van der Waals surface area contributed by atoms with Crippen LogP contribution in [0.5, 0.6) is 0 Å². The minimum absolute atomic E-state index is 0.0358. The highest BCUT2D eigenvalue weighted by Crippen LogP contribution is 2.68. The number of rotatable bonds is 6. The Morgan fingerprint density at radius 2 is 1.61 bits per heavy atom. The van der Waals surface area contributed by atoms with Crippen molar-refractivity contribution in [2.24, 2.45) is 46.3 Å². The summed E-state index contributed by atoms with van der Waals surface area (Å²) in [5.41, 5.74) is 0.148. The summed E-state index contributed by atoms with van der Waals surface area (Å²) < 4.78 is 28.1. The molecule has 4 saturated carbocycles. The summed E-state index contributed by atoms with van der Waals surface area (Å²) in [7, 11) is 0. The highest BCUT2D eigenvalue weighted by atomic mass is 19.1. The number of aliphatic hydroxyl groups is 2. The fourth-order valence-electron chi connectivity index (χ4n) is 9.89. The van der Waals surface area contributed by atoms with Gasteiger partial charge >= 0.3 is 0 Å². The first kappa shape index (κ1) is 26.3. The average Bonchev–Trinajstić information content (AvgIpc) is 3.19. The van der Waals surface area contributed by atoms with Gasteiger partial charge in [-0.05, 0) is 110 Å². The Morgan fingerprint density at radius 1 is 0.944 bits per heavy atom. The number of hydrogen-bond acceptors (Lipinski definition) is 3. The number of ketones is 1. The van der Waals surface area contributed by atoms with Gasteiger partial charge in [0.2, 0.25) is 0 Å². The molecule has 0 heterocycles. The van der Waals surface area contributed by atoms with E-state index < -0.39 is 23.8 Å². The minimum Gasteiger partial charge on any atom is -0.388 e. The van der Waals surface area contributed by atoms with E-state index in [1.54, 1.807) is 0 Å². The van der Waals surface area contributed by atoms with E-state index in [1.165, 1.54) is 43.9 Å². The number of aliphatic hydroxyl groups excluding tert-OH is 2. The molecule has 1 unspecified atom stereocenters. The standard InChI is InChI=1S/C31H44F2O3/c1-18(6-4-9-26(34)28-24(32)7-5-8-25(28)33)20-12-13-21-19-10-11-23-29(36)27(35)15-17-31(23,3)22(19)14-16-30(20,21)2/h5,7-8,18-23,26-27,34-35H,4,6,9-17H2,1-3H3/t18-,19+,20-,21+,22+,23+,26?,27+,30-,31-/m1/s1. The zero-order chi connectivity index (χ0) is 25.8. The Labute approximate surface area is 215 Å². The number of fused-ring (bicyclic) bond motifs is 5. The van der Waals surface area contributed by atoms with Gasteiger partial charge in [0.15, 0.2) is 5.78 Å². The smallest absolute Gasteiger partial charge is 0.164 e. The molecule has 0 bridgehead atoms. The molecule has 4 fully saturated rings. The molecule has 36 heavy (non-hydrogen) atoms. The van der Waals surface area contributed by atoms with Crippen molar-refractivity contribution in [3.63, 3.8) is 0 Å². The van der Waals surface area contributed by atoms with Crippen molar-refractivity contribution in [1.82, 2.24) is 0 Å². The van der Waals surface area contributed by atoms with Crippen LogP contribution in [-0.2, 0) is 4.79 Å². The van der Waals surface area contributed by atoms with Crippen LogP contribution in [0.3, 0.4) is 0 Å². The Bertz CT molecular complexity index is 960. The molecule has 4 aliphatic carbocycles. The van der Waals surface area contributed by atoms with E-state index in [9.17, 15) is 23.8 Å². The molecule has 0 saturated heterocycles. The number of carbonyl (C=O) groups is 1. The summed E-state index contributed by atoms with van der Waals surface area (Å²) in [6.07, 6.45) is 8.75. The van der Waals surface area contributed by atoms with Gasteiger partial charge in [-0.2, -0.15) is 0 Å². The third-order valence-corrected chi connectivity index (χ3v) is 11.7.